The zero-order valence-corrected chi connectivity index (χ0v) is 21.2. The van der Waals surface area contributed by atoms with E-state index in [1.165, 1.54) is 11.3 Å². The molecule has 0 aliphatic carbocycles. The number of aromatic nitrogens is 1. The first-order chi connectivity index (χ1) is 16.1. The van der Waals surface area contributed by atoms with Gasteiger partial charge in [-0.2, -0.15) is 0 Å². The van der Waals surface area contributed by atoms with E-state index in [9.17, 15) is 9.59 Å². The van der Waals surface area contributed by atoms with Crippen molar-refractivity contribution in [2.24, 2.45) is 0 Å². The molecule has 0 bridgehead atoms. The fourth-order valence-electron chi connectivity index (χ4n) is 4.19. The van der Waals surface area contributed by atoms with E-state index < -0.39 is 5.60 Å². The summed E-state index contributed by atoms with van der Waals surface area (Å²) in [7, 11) is 3.41. The molecule has 7 heteroatoms. The summed E-state index contributed by atoms with van der Waals surface area (Å²) in [5.74, 6) is 0.874. The van der Waals surface area contributed by atoms with Crippen LogP contribution in [-0.4, -0.2) is 42.3 Å². The Morgan fingerprint density at radius 3 is 2.47 bits per heavy atom. The second kappa shape index (κ2) is 9.14. The molecule has 1 atom stereocenters. The molecule has 0 radical (unpaired) electrons. The van der Waals surface area contributed by atoms with Crippen LogP contribution in [0.3, 0.4) is 0 Å². The summed E-state index contributed by atoms with van der Waals surface area (Å²) >= 11 is 1.44. The molecule has 178 valence electrons. The highest BCUT2D eigenvalue weighted by Crippen LogP contribution is 2.40. The molecule has 0 unspecified atom stereocenters. The summed E-state index contributed by atoms with van der Waals surface area (Å²) in [5, 5.41) is 3.84. The molecule has 2 aromatic carbocycles. The summed E-state index contributed by atoms with van der Waals surface area (Å²) in [6.45, 7) is 8.22. The van der Waals surface area contributed by atoms with E-state index in [0.29, 0.717) is 11.2 Å². The number of hydrogen-bond donors (Lipinski definition) is 1. The molecule has 6 nitrogen and oxygen atoms in total. The molecule has 2 aromatic heterocycles. The number of H-pyrrole nitrogens is 1. The number of thiophene rings is 1. The Labute approximate surface area is 203 Å². The lowest BCUT2D eigenvalue weighted by Gasteiger charge is -2.26. The molecule has 1 amide bonds. The van der Waals surface area contributed by atoms with Gasteiger partial charge < -0.3 is 19.4 Å². The first kappa shape index (κ1) is 23.8. The minimum atomic E-state index is -0.522. The largest absolute Gasteiger partial charge is 0.496 e. The van der Waals surface area contributed by atoms with Gasteiger partial charge in [-0.3, -0.25) is 4.79 Å². The molecule has 1 N–H and O–H groups in total. The number of fused-ring (bicyclic) bond motifs is 3. The van der Waals surface area contributed by atoms with Crippen molar-refractivity contribution in [2.75, 3.05) is 20.7 Å². The smallest absolute Gasteiger partial charge is 0.410 e. The quantitative estimate of drug-likeness (QED) is 0.361. The predicted octanol–water partition coefficient (Wildman–Crippen LogP) is 6.39. The standard InChI is InChI=1S/C27H30N2O4S/c1-16(15-29(5)26(31)33-27(2,3)4)17-7-9-18(10-8-17)22-21(32-6)12-11-20-23(22)19-13-14-34-24(19)25(30)28-20/h7-14,16H,15H2,1-6H3,(H,28,30)/t16-/m1/s1. The van der Waals surface area contributed by atoms with E-state index >= 15 is 0 Å². The molecule has 0 fully saturated rings. The Hall–Kier alpha value is -3.32. The van der Waals surface area contributed by atoms with Crippen LogP contribution in [0.2, 0.25) is 0 Å². The lowest BCUT2D eigenvalue weighted by molar-refractivity contribution is 0.0291. The fraction of sp³-hybridized carbons (Fsp3) is 0.333. The number of benzene rings is 2. The van der Waals surface area contributed by atoms with Crippen LogP contribution in [0.25, 0.3) is 32.1 Å². The number of carbonyl (C=O) groups excluding carboxylic acids is 1. The van der Waals surface area contributed by atoms with Crippen molar-refractivity contribution in [1.29, 1.82) is 0 Å². The van der Waals surface area contributed by atoms with Crippen LogP contribution in [0, 0.1) is 0 Å². The van der Waals surface area contributed by atoms with Crippen LogP contribution in [0.5, 0.6) is 5.75 Å². The van der Waals surface area contributed by atoms with Crippen LogP contribution in [0.1, 0.15) is 39.2 Å². The maximum absolute atomic E-state index is 12.5. The van der Waals surface area contributed by atoms with E-state index in [1.807, 2.05) is 44.4 Å². The summed E-state index contributed by atoms with van der Waals surface area (Å²) in [6.07, 6.45) is -0.328. The average Bonchev–Trinajstić information content (AvgIpc) is 3.28. The number of amides is 1. The van der Waals surface area contributed by atoms with E-state index in [-0.39, 0.29) is 17.6 Å². The van der Waals surface area contributed by atoms with Crippen LogP contribution < -0.4 is 10.3 Å². The van der Waals surface area contributed by atoms with E-state index in [1.54, 1.807) is 19.1 Å². The highest BCUT2D eigenvalue weighted by atomic mass is 32.1. The Balaban J connectivity index is 1.68. The van der Waals surface area contributed by atoms with Gasteiger partial charge in [0.25, 0.3) is 5.56 Å². The number of carbonyl (C=O) groups is 1. The van der Waals surface area contributed by atoms with Gasteiger partial charge in [0.2, 0.25) is 0 Å². The van der Waals surface area contributed by atoms with Crippen LogP contribution in [-0.2, 0) is 4.74 Å². The predicted molar refractivity (Wildman–Crippen MR) is 139 cm³/mol. The SMILES string of the molecule is COc1ccc2[nH]c(=O)c3sccc3c2c1-c1ccc([C@H](C)CN(C)C(=O)OC(C)(C)C)cc1. The molecule has 0 spiro atoms. The number of hydrogen-bond acceptors (Lipinski definition) is 5. The molecule has 0 aliphatic rings. The zero-order valence-electron chi connectivity index (χ0n) is 20.4. The first-order valence-corrected chi connectivity index (χ1v) is 12.1. The minimum Gasteiger partial charge on any atom is -0.496 e. The van der Waals surface area contributed by atoms with Gasteiger partial charge in [-0.05, 0) is 61.4 Å². The van der Waals surface area contributed by atoms with Gasteiger partial charge in [0.1, 0.15) is 16.1 Å². The van der Waals surface area contributed by atoms with E-state index in [2.05, 4.69) is 36.2 Å². The van der Waals surface area contributed by atoms with Crippen molar-refractivity contribution in [3.8, 4) is 16.9 Å². The zero-order chi connectivity index (χ0) is 24.6. The third-order valence-corrected chi connectivity index (χ3v) is 6.71. The Kier molecular flexibility index (Phi) is 6.41. The molecule has 0 aliphatic heterocycles. The monoisotopic (exact) mass is 478 g/mol. The molecular formula is C27H30N2O4S. The Bertz CT molecular complexity index is 1400. The number of methoxy groups -OCH3 is 1. The number of nitrogens with one attached hydrogen (secondary N) is 1. The average molecular weight is 479 g/mol. The Morgan fingerprint density at radius 2 is 1.82 bits per heavy atom. The van der Waals surface area contributed by atoms with Gasteiger partial charge in [-0.1, -0.05) is 31.2 Å². The van der Waals surface area contributed by atoms with Gasteiger partial charge in [0.15, 0.2) is 0 Å². The van der Waals surface area contributed by atoms with Gasteiger partial charge in [0.05, 0.1) is 7.11 Å². The topological polar surface area (TPSA) is 71.6 Å². The van der Waals surface area contributed by atoms with Crippen molar-refractivity contribution in [2.45, 2.75) is 39.2 Å². The normalized spacial score (nSPS) is 12.6. The van der Waals surface area contributed by atoms with Crippen molar-refractivity contribution < 1.29 is 14.3 Å². The van der Waals surface area contributed by atoms with Crippen LogP contribution in [0.4, 0.5) is 4.79 Å². The maximum Gasteiger partial charge on any atom is 0.410 e. The number of likely N-dealkylation sites (N-methyl/N-ethyl adjacent to an activating group) is 1. The number of pyridine rings is 1. The van der Waals surface area contributed by atoms with Gasteiger partial charge in [-0.15, -0.1) is 11.3 Å². The van der Waals surface area contributed by atoms with Crippen LogP contribution in [0.15, 0.2) is 52.6 Å². The summed E-state index contributed by atoms with van der Waals surface area (Å²) in [6, 6.07) is 14.1. The second-order valence-electron chi connectivity index (χ2n) is 9.57. The summed E-state index contributed by atoms with van der Waals surface area (Å²) in [5.41, 5.74) is 3.25. The highest BCUT2D eigenvalue weighted by Gasteiger charge is 2.22. The number of nitrogens with zero attached hydrogens (tertiary/aromatic N) is 1. The molecule has 0 saturated heterocycles. The molecular weight excluding hydrogens is 448 g/mol. The van der Waals surface area contributed by atoms with Crippen molar-refractivity contribution in [3.05, 3.63) is 63.8 Å². The first-order valence-electron chi connectivity index (χ1n) is 11.2. The van der Waals surface area contributed by atoms with E-state index in [4.69, 9.17) is 9.47 Å². The summed E-state index contributed by atoms with van der Waals surface area (Å²) in [4.78, 5) is 29.4. The lowest BCUT2D eigenvalue weighted by atomic mass is 9.94. The number of ether oxygens (including phenoxy) is 2. The van der Waals surface area contributed by atoms with Crippen molar-refractivity contribution in [3.63, 3.8) is 0 Å². The maximum atomic E-state index is 12.5. The minimum absolute atomic E-state index is 0.0769. The third kappa shape index (κ3) is 4.66. The molecule has 4 aromatic rings. The van der Waals surface area contributed by atoms with Gasteiger partial charge in [0, 0.05) is 35.4 Å². The summed E-state index contributed by atoms with van der Waals surface area (Å²) < 4.78 is 11.9. The molecule has 2 heterocycles. The highest BCUT2D eigenvalue weighted by molar-refractivity contribution is 7.17. The second-order valence-corrected chi connectivity index (χ2v) is 10.5. The fourth-order valence-corrected chi connectivity index (χ4v) is 4.99. The number of aromatic amines is 1. The molecule has 4 rings (SSSR count). The van der Waals surface area contributed by atoms with E-state index in [0.717, 1.165) is 38.7 Å². The van der Waals surface area contributed by atoms with Gasteiger partial charge in [-0.25, -0.2) is 4.79 Å². The van der Waals surface area contributed by atoms with Gasteiger partial charge >= 0.3 is 6.09 Å². The van der Waals surface area contributed by atoms with Crippen molar-refractivity contribution in [1.82, 2.24) is 9.88 Å². The lowest BCUT2D eigenvalue weighted by Crippen LogP contribution is -2.36. The van der Waals surface area contributed by atoms with Crippen LogP contribution >= 0.6 is 11.3 Å². The molecule has 34 heavy (non-hydrogen) atoms. The van der Waals surface area contributed by atoms with Crippen molar-refractivity contribution >= 4 is 38.4 Å². The third-order valence-electron chi connectivity index (χ3n) is 5.80. The number of rotatable bonds is 5. The Morgan fingerprint density at radius 1 is 1.12 bits per heavy atom. The molecule has 0 saturated carbocycles.